The first-order valence-electron chi connectivity index (χ1n) is 6.73. The summed E-state index contributed by atoms with van der Waals surface area (Å²) in [6.45, 7) is 3.83. The predicted octanol–water partition coefficient (Wildman–Crippen LogP) is 1.57. The van der Waals surface area contributed by atoms with E-state index in [1.165, 1.54) is 0 Å². The molecule has 20 heavy (non-hydrogen) atoms. The summed E-state index contributed by atoms with van der Waals surface area (Å²) in [6.07, 6.45) is 4.44. The van der Waals surface area contributed by atoms with Crippen molar-refractivity contribution in [2.45, 2.75) is 26.7 Å². The predicted molar refractivity (Wildman–Crippen MR) is 74.9 cm³/mol. The topological polar surface area (TPSA) is 69.2 Å². The number of rotatable bonds is 3. The number of carboxylic acid groups (broad SMARTS) is 1. The second kappa shape index (κ2) is 5.90. The molecule has 1 aromatic rings. The number of allylic oxidation sites excluding steroid dienone is 2. The van der Waals surface area contributed by atoms with E-state index in [0.29, 0.717) is 12.8 Å². The van der Waals surface area contributed by atoms with Crippen LogP contribution in [-0.4, -0.2) is 11.9 Å². The number of anilines is 1. The lowest BCUT2D eigenvalue weighted by atomic mass is 9.82. The van der Waals surface area contributed by atoms with Crippen molar-refractivity contribution in [3.05, 3.63) is 41.5 Å². The van der Waals surface area contributed by atoms with Crippen LogP contribution < -0.4 is 10.4 Å². The minimum atomic E-state index is -1.16. The summed E-state index contributed by atoms with van der Waals surface area (Å²) in [6, 6.07) is 5.76. The fraction of sp³-hybridized carbons (Fsp3) is 0.375. The van der Waals surface area contributed by atoms with Crippen LogP contribution in [-0.2, 0) is 9.59 Å². The number of hydrogen-bond acceptors (Lipinski definition) is 3. The van der Waals surface area contributed by atoms with E-state index in [1.54, 1.807) is 6.08 Å². The van der Waals surface area contributed by atoms with Crippen LogP contribution in [0, 0.1) is 25.7 Å². The summed E-state index contributed by atoms with van der Waals surface area (Å²) in [7, 11) is 0. The Morgan fingerprint density at radius 2 is 1.65 bits per heavy atom. The van der Waals surface area contributed by atoms with Crippen molar-refractivity contribution in [2.75, 3.05) is 5.32 Å². The van der Waals surface area contributed by atoms with Crippen molar-refractivity contribution >= 4 is 17.6 Å². The molecule has 2 atom stereocenters. The number of aryl methyl sites for hydroxylation is 2. The van der Waals surface area contributed by atoms with Gasteiger partial charge in [-0.3, -0.25) is 4.79 Å². The molecule has 0 spiro atoms. The van der Waals surface area contributed by atoms with E-state index < -0.39 is 17.8 Å². The molecule has 0 aromatic heterocycles. The number of benzene rings is 1. The molecule has 1 aliphatic rings. The van der Waals surface area contributed by atoms with Crippen molar-refractivity contribution in [1.82, 2.24) is 0 Å². The second-order valence-electron chi connectivity index (χ2n) is 5.23. The zero-order valence-corrected chi connectivity index (χ0v) is 11.7. The molecule has 0 radical (unpaired) electrons. The number of carboxylic acids is 1. The Morgan fingerprint density at radius 1 is 1.10 bits per heavy atom. The number of hydrogen-bond donors (Lipinski definition) is 1. The Bertz CT molecular complexity index is 543. The van der Waals surface area contributed by atoms with Crippen molar-refractivity contribution < 1.29 is 14.7 Å². The van der Waals surface area contributed by atoms with Gasteiger partial charge >= 0.3 is 0 Å². The molecule has 1 N–H and O–H groups in total. The van der Waals surface area contributed by atoms with Gasteiger partial charge < -0.3 is 15.2 Å². The minimum Gasteiger partial charge on any atom is -0.550 e. The molecule has 4 heteroatoms. The molecule has 0 fully saturated rings. The largest absolute Gasteiger partial charge is 0.550 e. The molecule has 0 saturated heterocycles. The van der Waals surface area contributed by atoms with E-state index >= 15 is 0 Å². The normalized spacial score (nSPS) is 21.5. The highest BCUT2D eigenvalue weighted by Gasteiger charge is 2.30. The first-order valence-corrected chi connectivity index (χ1v) is 6.73. The molecule has 0 aliphatic heterocycles. The van der Waals surface area contributed by atoms with E-state index in [1.807, 2.05) is 38.1 Å². The van der Waals surface area contributed by atoms with Gasteiger partial charge in [-0.05, 0) is 37.8 Å². The molecule has 1 aromatic carbocycles. The smallest absolute Gasteiger partial charge is 0.228 e. The highest BCUT2D eigenvalue weighted by molar-refractivity contribution is 5.96. The monoisotopic (exact) mass is 272 g/mol. The highest BCUT2D eigenvalue weighted by atomic mass is 16.4. The summed E-state index contributed by atoms with van der Waals surface area (Å²) in [5.41, 5.74) is 2.70. The van der Waals surface area contributed by atoms with Crippen LogP contribution in [0.1, 0.15) is 24.0 Å². The maximum atomic E-state index is 12.4. The lowest BCUT2D eigenvalue weighted by molar-refractivity contribution is -0.313. The van der Waals surface area contributed by atoms with E-state index in [9.17, 15) is 14.7 Å². The molecule has 0 saturated carbocycles. The van der Waals surface area contributed by atoms with Gasteiger partial charge in [-0.1, -0.05) is 30.4 Å². The van der Waals surface area contributed by atoms with Crippen LogP contribution in [0.5, 0.6) is 0 Å². The van der Waals surface area contributed by atoms with Crippen molar-refractivity contribution in [3.8, 4) is 0 Å². The van der Waals surface area contributed by atoms with Gasteiger partial charge in [-0.25, -0.2) is 0 Å². The quantitative estimate of drug-likeness (QED) is 0.849. The van der Waals surface area contributed by atoms with Gasteiger partial charge in [0.2, 0.25) is 5.91 Å². The fourth-order valence-electron chi connectivity index (χ4n) is 2.59. The van der Waals surface area contributed by atoms with Crippen LogP contribution in [0.15, 0.2) is 30.4 Å². The average molecular weight is 272 g/mol. The van der Waals surface area contributed by atoms with Gasteiger partial charge in [0, 0.05) is 17.6 Å². The zero-order valence-electron chi connectivity index (χ0n) is 11.7. The zero-order chi connectivity index (χ0) is 14.7. The van der Waals surface area contributed by atoms with Gasteiger partial charge in [0.05, 0.1) is 5.92 Å². The van der Waals surface area contributed by atoms with Crippen molar-refractivity contribution in [3.63, 3.8) is 0 Å². The minimum absolute atomic E-state index is 0.249. The Balaban J connectivity index is 2.19. The Morgan fingerprint density at radius 3 is 2.20 bits per heavy atom. The van der Waals surface area contributed by atoms with Gasteiger partial charge in [0.25, 0.3) is 0 Å². The fourth-order valence-corrected chi connectivity index (χ4v) is 2.59. The summed E-state index contributed by atoms with van der Waals surface area (Å²) < 4.78 is 0. The van der Waals surface area contributed by atoms with Gasteiger partial charge in [-0.2, -0.15) is 0 Å². The van der Waals surface area contributed by atoms with Gasteiger partial charge in [0.15, 0.2) is 0 Å². The van der Waals surface area contributed by atoms with Gasteiger partial charge in [-0.15, -0.1) is 0 Å². The van der Waals surface area contributed by atoms with E-state index in [4.69, 9.17) is 0 Å². The maximum Gasteiger partial charge on any atom is 0.228 e. The SMILES string of the molecule is Cc1cccc(C)c1NC(=O)[C@H]1CC=CC[C@@H]1C(=O)[O-]. The summed E-state index contributed by atoms with van der Waals surface area (Å²) in [4.78, 5) is 23.5. The Labute approximate surface area is 118 Å². The van der Waals surface area contributed by atoms with Crippen LogP contribution in [0.4, 0.5) is 5.69 Å². The molecular weight excluding hydrogens is 254 g/mol. The number of nitrogens with one attached hydrogen (secondary N) is 1. The number of carbonyl (C=O) groups is 2. The lowest BCUT2D eigenvalue weighted by Gasteiger charge is -2.28. The van der Waals surface area contributed by atoms with Crippen molar-refractivity contribution in [1.29, 1.82) is 0 Å². The Kier molecular flexibility index (Phi) is 4.23. The summed E-state index contributed by atoms with van der Waals surface area (Å²) >= 11 is 0. The van der Waals surface area contributed by atoms with Crippen LogP contribution in [0.3, 0.4) is 0 Å². The molecule has 0 unspecified atom stereocenters. The lowest BCUT2D eigenvalue weighted by Crippen LogP contribution is -2.41. The maximum absolute atomic E-state index is 12.4. The van der Waals surface area contributed by atoms with Gasteiger partial charge in [0.1, 0.15) is 0 Å². The van der Waals surface area contributed by atoms with E-state index in [2.05, 4.69) is 5.32 Å². The molecule has 1 aliphatic carbocycles. The first-order chi connectivity index (χ1) is 9.50. The molecule has 106 valence electrons. The second-order valence-corrected chi connectivity index (χ2v) is 5.23. The third-order valence-electron chi connectivity index (χ3n) is 3.80. The molecule has 0 bridgehead atoms. The molecular formula is C16H18NO3-. The molecule has 1 amide bonds. The summed E-state index contributed by atoms with van der Waals surface area (Å²) in [5.74, 6) is -2.72. The standard InChI is InChI=1S/C16H19NO3/c1-10-6-5-7-11(2)14(10)17-15(18)12-8-3-4-9-13(12)16(19)20/h3-7,12-13H,8-9H2,1-2H3,(H,17,18)(H,19,20)/p-1/t12-,13-/m0/s1. The van der Waals surface area contributed by atoms with E-state index in [0.717, 1.165) is 16.8 Å². The van der Waals surface area contributed by atoms with Crippen LogP contribution in [0.2, 0.25) is 0 Å². The first kappa shape index (κ1) is 14.3. The van der Waals surface area contributed by atoms with Crippen LogP contribution >= 0.6 is 0 Å². The van der Waals surface area contributed by atoms with Crippen LogP contribution in [0.25, 0.3) is 0 Å². The molecule has 4 nitrogen and oxygen atoms in total. The Hall–Kier alpha value is -2.10. The summed E-state index contributed by atoms with van der Waals surface area (Å²) in [5, 5.41) is 14.0. The molecule has 0 heterocycles. The molecule has 2 rings (SSSR count). The van der Waals surface area contributed by atoms with Crippen molar-refractivity contribution in [2.24, 2.45) is 11.8 Å². The number of amides is 1. The number of carbonyl (C=O) groups excluding carboxylic acids is 2. The van der Waals surface area contributed by atoms with E-state index in [-0.39, 0.29) is 5.91 Å². The highest BCUT2D eigenvalue weighted by Crippen LogP contribution is 2.28. The average Bonchev–Trinajstić information content (AvgIpc) is 2.43. The number of aliphatic carboxylic acids is 1. The third-order valence-corrected chi connectivity index (χ3v) is 3.80. The third kappa shape index (κ3) is 2.90. The number of para-hydroxylation sites is 1.